The summed E-state index contributed by atoms with van der Waals surface area (Å²) in [5.74, 6) is -0.117. The topological polar surface area (TPSA) is 61.0 Å². The Morgan fingerprint density at radius 1 is 1.53 bits per heavy atom. The number of nitrogens with one attached hydrogen (secondary N) is 2. The van der Waals surface area contributed by atoms with E-state index in [0.717, 1.165) is 26.1 Å². The molecule has 6 heteroatoms. The van der Waals surface area contributed by atoms with Crippen molar-refractivity contribution >= 4 is 21.8 Å². The Bertz CT molecular complexity index is 349. The van der Waals surface area contributed by atoms with Gasteiger partial charge in [-0.25, -0.2) is 0 Å². The summed E-state index contributed by atoms with van der Waals surface area (Å²) in [6.45, 7) is 8.08. The second-order valence-corrected chi connectivity index (χ2v) is 4.58. The summed E-state index contributed by atoms with van der Waals surface area (Å²) in [7, 11) is 0. The summed E-state index contributed by atoms with van der Waals surface area (Å²) in [5, 5.41) is 9.31. The zero-order chi connectivity index (χ0) is 12.7. The van der Waals surface area contributed by atoms with Crippen molar-refractivity contribution < 1.29 is 4.79 Å². The quantitative estimate of drug-likeness (QED) is 0.753. The first-order valence-electron chi connectivity index (χ1n) is 5.88. The van der Waals surface area contributed by atoms with Gasteiger partial charge in [-0.15, -0.1) is 0 Å². The van der Waals surface area contributed by atoms with E-state index in [-0.39, 0.29) is 5.91 Å². The highest BCUT2D eigenvalue weighted by atomic mass is 79.9. The van der Waals surface area contributed by atoms with E-state index in [1.165, 1.54) is 0 Å². The summed E-state index contributed by atoms with van der Waals surface area (Å²) >= 11 is 3.26. The maximum Gasteiger partial charge on any atom is 0.270 e. The molecule has 17 heavy (non-hydrogen) atoms. The van der Waals surface area contributed by atoms with Crippen molar-refractivity contribution in [2.24, 2.45) is 0 Å². The number of amides is 1. The van der Waals surface area contributed by atoms with Crippen LogP contribution in [0.1, 0.15) is 30.8 Å². The third-order valence-electron chi connectivity index (χ3n) is 2.65. The zero-order valence-electron chi connectivity index (χ0n) is 10.3. The summed E-state index contributed by atoms with van der Waals surface area (Å²) in [4.78, 5) is 14.0. The maximum atomic E-state index is 11.7. The molecule has 0 bridgehead atoms. The fraction of sp³-hybridized carbons (Fsp3) is 0.636. The second kappa shape index (κ2) is 7.45. The minimum absolute atomic E-state index is 0.117. The number of rotatable bonds is 7. The van der Waals surface area contributed by atoms with Gasteiger partial charge in [0.2, 0.25) is 0 Å². The lowest BCUT2D eigenvalue weighted by atomic mass is 10.3. The van der Waals surface area contributed by atoms with Crippen molar-refractivity contribution in [2.75, 3.05) is 26.2 Å². The van der Waals surface area contributed by atoms with Crippen LogP contribution in [0, 0.1) is 0 Å². The largest absolute Gasteiger partial charge is 0.351 e. The molecule has 0 aliphatic heterocycles. The second-order valence-electron chi connectivity index (χ2n) is 3.73. The molecule has 1 aromatic rings. The van der Waals surface area contributed by atoms with Crippen LogP contribution in [0.2, 0.25) is 0 Å². The van der Waals surface area contributed by atoms with Crippen LogP contribution in [0.3, 0.4) is 0 Å². The normalized spacial score (nSPS) is 10.8. The van der Waals surface area contributed by atoms with Crippen LogP contribution < -0.4 is 5.32 Å². The van der Waals surface area contributed by atoms with Crippen molar-refractivity contribution in [3.8, 4) is 0 Å². The summed E-state index contributed by atoms with van der Waals surface area (Å²) < 4.78 is 0.693. The molecule has 1 rings (SSSR count). The lowest BCUT2D eigenvalue weighted by Crippen LogP contribution is -2.30. The minimum Gasteiger partial charge on any atom is -0.351 e. The molecule has 2 N–H and O–H groups in total. The fourth-order valence-corrected chi connectivity index (χ4v) is 1.93. The molecule has 5 nitrogen and oxygen atoms in total. The molecule has 0 unspecified atom stereocenters. The predicted molar refractivity (Wildman–Crippen MR) is 71.0 cm³/mol. The Balaban J connectivity index is 2.23. The van der Waals surface area contributed by atoms with Crippen LogP contribution >= 0.6 is 15.9 Å². The standard InChI is InChI=1S/C11H19BrN4O/c1-3-16(4-2)7-5-6-13-11(17)10-9(12)8-14-15-10/h8H,3-7H2,1-2H3,(H,13,17)(H,14,15). The van der Waals surface area contributed by atoms with Crippen LogP contribution in [-0.2, 0) is 0 Å². The number of aromatic nitrogens is 2. The highest BCUT2D eigenvalue weighted by Gasteiger charge is 2.10. The van der Waals surface area contributed by atoms with Gasteiger partial charge in [-0.05, 0) is 42.0 Å². The Kier molecular flexibility index (Phi) is 6.21. The Morgan fingerprint density at radius 3 is 2.76 bits per heavy atom. The predicted octanol–water partition coefficient (Wildman–Crippen LogP) is 1.63. The van der Waals surface area contributed by atoms with Crippen molar-refractivity contribution in [1.82, 2.24) is 20.4 Å². The molecule has 0 aliphatic rings. The van der Waals surface area contributed by atoms with E-state index in [1.807, 2.05) is 0 Å². The number of aromatic amines is 1. The van der Waals surface area contributed by atoms with E-state index >= 15 is 0 Å². The van der Waals surface area contributed by atoms with E-state index in [4.69, 9.17) is 0 Å². The Morgan fingerprint density at radius 2 is 2.24 bits per heavy atom. The van der Waals surface area contributed by atoms with Crippen LogP contribution in [0.25, 0.3) is 0 Å². The average molecular weight is 303 g/mol. The number of hydrogen-bond donors (Lipinski definition) is 2. The van der Waals surface area contributed by atoms with E-state index in [1.54, 1.807) is 6.20 Å². The minimum atomic E-state index is -0.117. The van der Waals surface area contributed by atoms with E-state index in [9.17, 15) is 4.79 Å². The molecule has 0 aliphatic carbocycles. The number of nitrogens with zero attached hydrogens (tertiary/aromatic N) is 2. The third kappa shape index (κ3) is 4.47. The van der Waals surface area contributed by atoms with Crippen molar-refractivity contribution in [1.29, 1.82) is 0 Å². The number of carbonyl (C=O) groups excluding carboxylic acids is 1. The smallest absolute Gasteiger partial charge is 0.270 e. The number of hydrogen-bond acceptors (Lipinski definition) is 3. The lowest BCUT2D eigenvalue weighted by Gasteiger charge is -2.17. The van der Waals surface area contributed by atoms with Gasteiger partial charge in [-0.2, -0.15) is 5.10 Å². The maximum absolute atomic E-state index is 11.7. The molecule has 0 fully saturated rings. The lowest BCUT2D eigenvalue weighted by molar-refractivity contribution is 0.0946. The highest BCUT2D eigenvalue weighted by molar-refractivity contribution is 9.10. The number of H-pyrrole nitrogens is 1. The molecule has 1 heterocycles. The molecule has 1 aromatic heterocycles. The molecule has 96 valence electrons. The van der Waals surface area contributed by atoms with Crippen molar-refractivity contribution in [3.63, 3.8) is 0 Å². The van der Waals surface area contributed by atoms with Gasteiger partial charge in [0.1, 0.15) is 5.69 Å². The molecule has 0 aromatic carbocycles. The van der Waals surface area contributed by atoms with Crippen molar-refractivity contribution in [3.05, 3.63) is 16.4 Å². The highest BCUT2D eigenvalue weighted by Crippen LogP contribution is 2.11. The van der Waals surface area contributed by atoms with E-state index in [2.05, 4.69) is 50.2 Å². The van der Waals surface area contributed by atoms with Crippen molar-refractivity contribution in [2.45, 2.75) is 20.3 Å². The van der Waals surface area contributed by atoms with Gasteiger partial charge in [0.15, 0.2) is 0 Å². The van der Waals surface area contributed by atoms with Gasteiger partial charge in [0.25, 0.3) is 5.91 Å². The Labute approximate surface area is 110 Å². The van der Waals surface area contributed by atoms with Gasteiger partial charge >= 0.3 is 0 Å². The number of halogens is 1. The first-order chi connectivity index (χ1) is 8.19. The third-order valence-corrected chi connectivity index (χ3v) is 3.25. The van der Waals surface area contributed by atoms with E-state index in [0.29, 0.717) is 16.7 Å². The van der Waals surface area contributed by atoms with E-state index < -0.39 is 0 Å². The van der Waals surface area contributed by atoms with Gasteiger partial charge in [0.05, 0.1) is 10.7 Å². The monoisotopic (exact) mass is 302 g/mol. The molecule has 1 amide bonds. The van der Waals surface area contributed by atoms with Crippen LogP contribution in [0.15, 0.2) is 10.7 Å². The van der Waals surface area contributed by atoms with Crippen LogP contribution in [0.5, 0.6) is 0 Å². The van der Waals surface area contributed by atoms with Crippen LogP contribution in [0.4, 0.5) is 0 Å². The number of carbonyl (C=O) groups is 1. The first kappa shape index (κ1) is 14.2. The summed E-state index contributed by atoms with van der Waals surface area (Å²) in [6.07, 6.45) is 2.53. The molecule has 0 spiro atoms. The van der Waals surface area contributed by atoms with Gasteiger partial charge in [0, 0.05) is 6.54 Å². The fourth-order valence-electron chi connectivity index (χ4n) is 1.56. The molecule has 0 radical (unpaired) electrons. The first-order valence-corrected chi connectivity index (χ1v) is 6.67. The molecular formula is C11H19BrN4O. The zero-order valence-corrected chi connectivity index (χ0v) is 11.9. The summed E-state index contributed by atoms with van der Waals surface area (Å²) in [5.41, 5.74) is 0.479. The molecule has 0 saturated carbocycles. The average Bonchev–Trinajstić information content (AvgIpc) is 2.75. The van der Waals surface area contributed by atoms with Gasteiger partial charge in [-0.1, -0.05) is 13.8 Å². The SMILES string of the molecule is CCN(CC)CCCNC(=O)c1[nH]ncc1Br. The molecule has 0 atom stereocenters. The molecule has 0 saturated heterocycles. The van der Waals surface area contributed by atoms with Gasteiger partial charge in [-0.3, -0.25) is 9.89 Å². The molecular weight excluding hydrogens is 284 g/mol. The van der Waals surface area contributed by atoms with Gasteiger partial charge < -0.3 is 10.2 Å². The van der Waals surface area contributed by atoms with Crippen LogP contribution in [-0.4, -0.2) is 47.2 Å². The summed E-state index contributed by atoms with van der Waals surface area (Å²) in [6, 6.07) is 0. The Hall–Kier alpha value is -0.880.